The molecule has 0 rings (SSSR count). The molecule has 0 amide bonds. The van der Waals surface area contributed by atoms with Crippen LogP contribution in [0.15, 0.2) is 134 Å². The summed E-state index contributed by atoms with van der Waals surface area (Å²) in [6, 6.07) is 0. The monoisotopic (exact) mass is 1080 g/mol. The van der Waals surface area contributed by atoms with Crippen LogP contribution in [0.1, 0.15) is 284 Å². The Bertz CT molecular complexity index is 1670. The molecule has 6 nitrogen and oxygen atoms in total. The van der Waals surface area contributed by atoms with Crippen LogP contribution >= 0.6 is 0 Å². The minimum absolute atomic E-state index is 0.106. The van der Waals surface area contributed by atoms with Gasteiger partial charge in [0.25, 0.3) is 0 Å². The average molecular weight is 1080 g/mol. The van der Waals surface area contributed by atoms with Crippen molar-refractivity contribution in [3.05, 3.63) is 134 Å². The van der Waals surface area contributed by atoms with E-state index in [0.717, 1.165) is 116 Å². The molecule has 0 radical (unpaired) electrons. The fraction of sp³-hybridized carbons (Fsp3) is 0.653. The number of carbonyl (C=O) groups is 3. The Balaban J connectivity index is 4.29. The normalized spacial score (nSPS) is 13.0. The first-order chi connectivity index (χ1) is 38.5. The Hall–Kier alpha value is -4.45. The van der Waals surface area contributed by atoms with Gasteiger partial charge in [0.05, 0.1) is 0 Å². The summed E-state index contributed by atoms with van der Waals surface area (Å²) < 4.78 is 16.8. The lowest BCUT2D eigenvalue weighted by atomic mass is 10.0. The Labute approximate surface area is 481 Å². The minimum atomic E-state index is -0.816. The fourth-order valence-electron chi connectivity index (χ4n) is 8.63. The van der Waals surface area contributed by atoms with Gasteiger partial charge in [-0.05, 0) is 122 Å². The van der Waals surface area contributed by atoms with Gasteiger partial charge >= 0.3 is 17.9 Å². The van der Waals surface area contributed by atoms with E-state index in [1.165, 1.54) is 122 Å². The van der Waals surface area contributed by atoms with Crippen molar-refractivity contribution >= 4 is 17.9 Å². The van der Waals surface area contributed by atoms with Crippen molar-refractivity contribution in [2.45, 2.75) is 290 Å². The summed E-state index contributed by atoms with van der Waals surface area (Å²) in [5.41, 5.74) is 0. The first-order valence-corrected chi connectivity index (χ1v) is 32.2. The number of esters is 3. The molecule has 0 bridgehead atoms. The van der Waals surface area contributed by atoms with Gasteiger partial charge in [-0.15, -0.1) is 0 Å². The van der Waals surface area contributed by atoms with Crippen molar-refractivity contribution in [1.29, 1.82) is 0 Å². The van der Waals surface area contributed by atoms with E-state index in [0.29, 0.717) is 19.3 Å². The zero-order chi connectivity index (χ0) is 56.4. The minimum Gasteiger partial charge on any atom is -0.462 e. The highest BCUT2D eigenvalue weighted by molar-refractivity contribution is 5.71. The molecule has 1 unspecified atom stereocenters. The SMILES string of the molecule is CC/C=C\C/C=C\C/C=C\C/C=C\C/C=C\C/C=C\CCCCCCCCCCCCCCC(=O)OCC(COC(=O)CC/C=C\C/C=C\C/C=C\C/C=C\CC)OC(=O)CCCCCCC/C=C\CCCCCCCCC. The molecule has 78 heavy (non-hydrogen) atoms. The molecule has 0 spiro atoms. The third-order valence-corrected chi connectivity index (χ3v) is 13.4. The van der Waals surface area contributed by atoms with Crippen LogP contribution < -0.4 is 0 Å². The highest BCUT2D eigenvalue weighted by atomic mass is 16.6. The number of hydrogen-bond donors (Lipinski definition) is 0. The molecular formula is C72H118O6. The number of rotatable bonds is 57. The van der Waals surface area contributed by atoms with Crippen LogP contribution in [-0.2, 0) is 28.6 Å². The number of carbonyl (C=O) groups excluding carboxylic acids is 3. The third-order valence-electron chi connectivity index (χ3n) is 13.4. The maximum Gasteiger partial charge on any atom is 0.306 e. The standard InChI is InChI=1S/C72H118O6/c1-4-7-10-13-16-19-22-25-27-29-30-31-32-33-34-35-36-37-38-39-40-41-42-43-45-47-50-53-56-59-62-65-71(74)77-68-69(67-76-70(73)64-61-58-55-52-49-46-24-21-18-15-12-9-6-3)78-72(75)66-63-60-57-54-51-48-44-28-26-23-20-17-14-11-8-5-2/h7,9-10,12,16,18-19,21,25,27-28,30-31,33-34,36-37,44,46,49,55,58,69H,4-6,8,11,13-15,17,20,22-24,26,29,32,35,38-43,45,47-48,50-54,56-57,59-68H2,1-3H3/b10-7-,12-9-,19-16-,21-18-,27-25-,31-30-,34-33-,37-36-,44-28-,49-46-,58-55-. The lowest BCUT2D eigenvalue weighted by Crippen LogP contribution is -2.30. The highest BCUT2D eigenvalue weighted by Gasteiger charge is 2.19. The summed E-state index contributed by atoms with van der Waals surface area (Å²) in [7, 11) is 0. The van der Waals surface area contributed by atoms with Crippen LogP contribution in [0.3, 0.4) is 0 Å². The van der Waals surface area contributed by atoms with Gasteiger partial charge < -0.3 is 14.2 Å². The van der Waals surface area contributed by atoms with E-state index in [1.54, 1.807) is 0 Å². The maximum absolute atomic E-state index is 12.9. The molecule has 0 aromatic carbocycles. The molecule has 0 N–H and O–H groups in total. The molecule has 0 heterocycles. The summed E-state index contributed by atoms with van der Waals surface area (Å²) >= 11 is 0. The van der Waals surface area contributed by atoms with Gasteiger partial charge in [-0.1, -0.05) is 276 Å². The van der Waals surface area contributed by atoms with Crippen LogP contribution in [0.5, 0.6) is 0 Å². The molecule has 0 aromatic rings. The van der Waals surface area contributed by atoms with Gasteiger partial charge in [-0.3, -0.25) is 14.4 Å². The van der Waals surface area contributed by atoms with Crippen molar-refractivity contribution in [3.63, 3.8) is 0 Å². The lowest BCUT2D eigenvalue weighted by Gasteiger charge is -2.18. The predicted molar refractivity (Wildman–Crippen MR) is 339 cm³/mol. The van der Waals surface area contributed by atoms with Gasteiger partial charge in [-0.2, -0.15) is 0 Å². The van der Waals surface area contributed by atoms with Crippen molar-refractivity contribution in [2.24, 2.45) is 0 Å². The summed E-state index contributed by atoms with van der Waals surface area (Å²) in [6.07, 6.45) is 92.0. The second-order valence-electron chi connectivity index (χ2n) is 20.9. The molecule has 0 aliphatic rings. The fourth-order valence-corrected chi connectivity index (χ4v) is 8.63. The van der Waals surface area contributed by atoms with Gasteiger partial charge in [0.1, 0.15) is 13.2 Å². The zero-order valence-corrected chi connectivity index (χ0v) is 50.6. The van der Waals surface area contributed by atoms with Crippen molar-refractivity contribution in [2.75, 3.05) is 13.2 Å². The third kappa shape index (κ3) is 62.4. The molecule has 0 saturated carbocycles. The van der Waals surface area contributed by atoms with Gasteiger partial charge in [0, 0.05) is 19.3 Å². The van der Waals surface area contributed by atoms with Crippen molar-refractivity contribution < 1.29 is 28.6 Å². The first-order valence-electron chi connectivity index (χ1n) is 32.2. The Morgan fingerprint density at radius 2 is 0.526 bits per heavy atom. The largest absolute Gasteiger partial charge is 0.462 e. The first kappa shape index (κ1) is 73.5. The number of allylic oxidation sites excluding steroid dienone is 22. The van der Waals surface area contributed by atoms with Gasteiger partial charge in [-0.25, -0.2) is 0 Å². The van der Waals surface area contributed by atoms with Crippen LogP contribution in [0.25, 0.3) is 0 Å². The van der Waals surface area contributed by atoms with E-state index in [2.05, 4.69) is 148 Å². The molecule has 0 aliphatic heterocycles. The van der Waals surface area contributed by atoms with Crippen LogP contribution in [0.4, 0.5) is 0 Å². The Morgan fingerprint density at radius 3 is 0.872 bits per heavy atom. The molecular weight excluding hydrogens is 961 g/mol. The Morgan fingerprint density at radius 1 is 0.269 bits per heavy atom. The number of ether oxygens (including phenoxy) is 3. The van der Waals surface area contributed by atoms with E-state index in [4.69, 9.17) is 14.2 Å². The maximum atomic E-state index is 12.9. The second kappa shape index (κ2) is 65.1. The van der Waals surface area contributed by atoms with E-state index in [1.807, 2.05) is 6.08 Å². The lowest BCUT2D eigenvalue weighted by molar-refractivity contribution is -0.166. The molecule has 0 saturated heterocycles. The van der Waals surface area contributed by atoms with Gasteiger partial charge in [0.2, 0.25) is 0 Å². The molecule has 442 valence electrons. The summed E-state index contributed by atoms with van der Waals surface area (Å²) in [5, 5.41) is 0. The van der Waals surface area contributed by atoms with Crippen molar-refractivity contribution in [1.82, 2.24) is 0 Å². The number of hydrogen-bond acceptors (Lipinski definition) is 6. The molecule has 0 fully saturated rings. The Kier molecular flexibility index (Phi) is 61.4. The predicted octanol–water partition coefficient (Wildman–Crippen LogP) is 22.2. The second-order valence-corrected chi connectivity index (χ2v) is 20.9. The topological polar surface area (TPSA) is 78.9 Å². The number of unbranched alkanes of at least 4 members (excludes halogenated alkanes) is 24. The molecule has 0 aliphatic carbocycles. The quantitative estimate of drug-likeness (QED) is 0.0261. The smallest absolute Gasteiger partial charge is 0.306 e. The summed E-state index contributed by atoms with van der Waals surface area (Å²) in [4.78, 5) is 38.2. The van der Waals surface area contributed by atoms with E-state index in [9.17, 15) is 14.4 Å². The van der Waals surface area contributed by atoms with E-state index in [-0.39, 0.29) is 37.5 Å². The van der Waals surface area contributed by atoms with Crippen LogP contribution in [-0.4, -0.2) is 37.2 Å². The molecule has 0 aromatic heterocycles. The van der Waals surface area contributed by atoms with E-state index < -0.39 is 6.10 Å². The van der Waals surface area contributed by atoms with Crippen molar-refractivity contribution in [3.8, 4) is 0 Å². The van der Waals surface area contributed by atoms with Crippen LogP contribution in [0.2, 0.25) is 0 Å². The summed E-state index contributed by atoms with van der Waals surface area (Å²) in [6.45, 7) is 6.34. The highest BCUT2D eigenvalue weighted by Crippen LogP contribution is 2.15. The van der Waals surface area contributed by atoms with E-state index >= 15 is 0 Å². The molecule has 1 atom stereocenters. The average Bonchev–Trinajstić information content (AvgIpc) is 3.44. The zero-order valence-electron chi connectivity index (χ0n) is 50.6. The molecule has 6 heteroatoms. The van der Waals surface area contributed by atoms with Gasteiger partial charge in [0.15, 0.2) is 6.10 Å². The summed E-state index contributed by atoms with van der Waals surface area (Å²) in [5.74, 6) is -1.000. The van der Waals surface area contributed by atoms with Crippen LogP contribution in [0, 0.1) is 0 Å².